The van der Waals surface area contributed by atoms with Crippen LogP contribution in [0.25, 0.3) is 16.3 Å². The van der Waals surface area contributed by atoms with Crippen molar-refractivity contribution in [1.82, 2.24) is 0 Å². The maximum Gasteiger partial charge on any atom is -0.0105 e. The third kappa shape index (κ3) is 3.80. The van der Waals surface area contributed by atoms with E-state index in [1.807, 2.05) is 54.6 Å². The van der Waals surface area contributed by atoms with Gasteiger partial charge in [0.2, 0.25) is 0 Å². The van der Waals surface area contributed by atoms with Gasteiger partial charge >= 0.3 is 0 Å². The molecule has 0 aliphatic rings. The predicted molar refractivity (Wildman–Crippen MR) is 105 cm³/mol. The van der Waals surface area contributed by atoms with Crippen molar-refractivity contribution in [2.24, 2.45) is 0 Å². The fourth-order valence-electron chi connectivity index (χ4n) is 2.67. The summed E-state index contributed by atoms with van der Waals surface area (Å²) in [5.41, 5.74) is 3.46. The molecule has 0 aromatic heterocycles. The van der Waals surface area contributed by atoms with Gasteiger partial charge in [0.25, 0.3) is 0 Å². The third-order valence-corrected chi connectivity index (χ3v) is 3.90. The summed E-state index contributed by atoms with van der Waals surface area (Å²) in [5, 5.41) is 2.51. The lowest BCUT2D eigenvalue weighted by atomic mass is 9.95. The molecule has 4 aromatic rings. The van der Waals surface area contributed by atoms with E-state index in [0.29, 0.717) is 0 Å². The largest absolute Gasteiger partial charge is 0.0905 e. The molecule has 24 heavy (non-hydrogen) atoms. The van der Waals surface area contributed by atoms with Gasteiger partial charge in [-0.3, -0.25) is 0 Å². The van der Waals surface area contributed by atoms with Crippen molar-refractivity contribution in [1.29, 1.82) is 0 Å². The summed E-state index contributed by atoms with van der Waals surface area (Å²) in [7, 11) is 0. The van der Waals surface area contributed by atoms with E-state index in [4.69, 9.17) is 0 Å². The standard InChI is InChI=1S/C18H14.C6H6/c1-14(15-8-3-2-4-9-15)17-13-7-11-16-10-5-6-12-18(16)17;1-2-4-6-5-3-1/h2-13H,1H2;1-6H. The first kappa shape index (κ1) is 15.8. The minimum absolute atomic E-state index is 1.08. The molecule has 0 aliphatic carbocycles. The first-order valence-electron chi connectivity index (χ1n) is 8.09. The highest BCUT2D eigenvalue weighted by molar-refractivity contribution is 5.97. The minimum atomic E-state index is 1.08. The second kappa shape index (κ2) is 7.94. The van der Waals surface area contributed by atoms with Gasteiger partial charge in [-0.2, -0.15) is 0 Å². The minimum Gasteiger partial charge on any atom is -0.0905 e. The summed E-state index contributed by atoms with van der Waals surface area (Å²) in [6.45, 7) is 4.25. The molecular weight excluding hydrogens is 288 g/mol. The maximum atomic E-state index is 4.25. The topological polar surface area (TPSA) is 0 Å². The average Bonchev–Trinajstić information content (AvgIpc) is 2.69. The summed E-state index contributed by atoms with van der Waals surface area (Å²) in [4.78, 5) is 0. The van der Waals surface area contributed by atoms with E-state index in [1.165, 1.54) is 21.9 Å². The molecular formula is C24H20. The van der Waals surface area contributed by atoms with Crippen LogP contribution in [0.5, 0.6) is 0 Å². The van der Waals surface area contributed by atoms with Crippen LogP contribution in [-0.4, -0.2) is 0 Å². The molecule has 0 bridgehead atoms. The van der Waals surface area contributed by atoms with E-state index < -0.39 is 0 Å². The van der Waals surface area contributed by atoms with Crippen LogP contribution in [0.3, 0.4) is 0 Å². The molecule has 0 saturated carbocycles. The van der Waals surface area contributed by atoms with Gasteiger partial charge in [-0.25, -0.2) is 0 Å². The first-order chi connectivity index (χ1) is 11.9. The number of rotatable bonds is 2. The molecule has 0 spiro atoms. The monoisotopic (exact) mass is 308 g/mol. The van der Waals surface area contributed by atoms with Gasteiger partial charge in [-0.05, 0) is 27.5 Å². The highest BCUT2D eigenvalue weighted by Gasteiger charge is 2.05. The van der Waals surface area contributed by atoms with E-state index in [-0.39, 0.29) is 0 Å². The van der Waals surface area contributed by atoms with Crippen LogP contribution in [0.1, 0.15) is 11.1 Å². The summed E-state index contributed by atoms with van der Waals surface area (Å²) < 4.78 is 0. The summed E-state index contributed by atoms with van der Waals surface area (Å²) in [5.74, 6) is 0. The average molecular weight is 308 g/mol. The molecule has 0 N–H and O–H groups in total. The van der Waals surface area contributed by atoms with E-state index >= 15 is 0 Å². The number of benzene rings is 4. The van der Waals surface area contributed by atoms with E-state index in [9.17, 15) is 0 Å². The fourth-order valence-corrected chi connectivity index (χ4v) is 2.67. The third-order valence-electron chi connectivity index (χ3n) is 3.90. The summed E-state index contributed by atoms with van der Waals surface area (Å²) in [6, 6.07) is 37.1. The SMILES string of the molecule is C=C(c1ccccc1)c1cccc2ccccc12.c1ccccc1. The van der Waals surface area contributed by atoms with Crippen molar-refractivity contribution >= 4 is 16.3 Å². The molecule has 4 rings (SSSR count). The summed E-state index contributed by atoms with van der Waals surface area (Å²) >= 11 is 0. The van der Waals surface area contributed by atoms with Crippen LogP contribution in [0.2, 0.25) is 0 Å². The Morgan fingerprint density at radius 1 is 0.500 bits per heavy atom. The Labute approximate surface area is 143 Å². The number of fused-ring (bicyclic) bond motifs is 1. The molecule has 0 aliphatic heterocycles. The second-order valence-electron chi connectivity index (χ2n) is 5.53. The van der Waals surface area contributed by atoms with Crippen molar-refractivity contribution in [3.8, 4) is 0 Å². The van der Waals surface area contributed by atoms with Crippen molar-refractivity contribution in [2.75, 3.05) is 0 Å². The van der Waals surface area contributed by atoms with E-state index in [1.54, 1.807) is 0 Å². The second-order valence-corrected chi connectivity index (χ2v) is 5.53. The van der Waals surface area contributed by atoms with Gasteiger partial charge < -0.3 is 0 Å². The molecule has 0 heterocycles. The Bertz CT molecular complexity index is 874. The zero-order valence-corrected chi connectivity index (χ0v) is 13.6. The first-order valence-corrected chi connectivity index (χ1v) is 8.09. The smallest absolute Gasteiger partial charge is 0.0105 e. The molecule has 0 fully saturated rings. The highest BCUT2D eigenvalue weighted by atomic mass is 14.1. The Kier molecular flexibility index (Phi) is 5.21. The summed E-state index contributed by atoms with van der Waals surface area (Å²) in [6.07, 6.45) is 0. The van der Waals surface area contributed by atoms with Crippen LogP contribution in [0, 0.1) is 0 Å². The molecule has 0 saturated heterocycles. The maximum absolute atomic E-state index is 4.25. The Morgan fingerprint density at radius 3 is 1.67 bits per heavy atom. The van der Waals surface area contributed by atoms with Crippen LogP contribution >= 0.6 is 0 Å². The zero-order valence-electron chi connectivity index (χ0n) is 13.6. The van der Waals surface area contributed by atoms with E-state index in [2.05, 4.69) is 61.2 Å². The molecule has 0 unspecified atom stereocenters. The predicted octanol–water partition coefficient (Wildman–Crippen LogP) is 6.59. The Balaban J connectivity index is 0.000000238. The molecule has 0 nitrogen and oxygen atoms in total. The lowest BCUT2D eigenvalue weighted by Gasteiger charge is -2.09. The molecule has 0 atom stereocenters. The van der Waals surface area contributed by atoms with Gasteiger partial charge in [-0.1, -0.05) is 116 Å². The van der Waals surface area contributed by atoms with Crippen LogP contribution in [0.15, 0.2) is 116 Å². The van der Waals surface area contributed by atoms with E-state index in [0.717, 1.165) is 5.57 Å². The Morgan fingerprint density at radius 2 is 1.00 bits per heavy atom. The van der Waals surface area contributed by atoms with Crippen LogP contribution in [-0.2, 0) is 0 Å². The van der Waals surface area contributed by atoms with Gasteiger partial charge in [-0.15, -0.1) is 0 Å². The zero-order chi connectivity index (χ0) is 16.6. The van der Waals surface area contributed by atoms with Crippen LogP contribution < -0.4 is 0 Å². The molecule has 116 valence electrons. The lowest BCUT2D eigenvalue weighted by Crippen LogP contribution is -1.87. The normalized spacial score (nSPS) is 9.83. The van der Waals surface area contributed by atoms with Crippen molar-refractivity contribution in [3.63, 3.8) is 0 Å². The number of hydrogen-bond acceptors (Lipinski definition) is 0. The van der Waals surface area contributed by atoms with Crippen molar-refractivity contribution in [3.05, 3.63) is 127 Å². The van der Waals surface area contributed by atoms with Crippen LogP contribution in [0.4, 0.5) is 0 Å². The van der Waals surface area contributed by atoms with Gasteiger partial charge in [0.05, 0.1) is 0 Å². The fraction of sp³-hybridized carbons (Fsp3) is 0. The lowest BCUT2D eigenvalue weighted by molar-refractivity contribution is 1.59. The van der Waals surface area contributed by atoms with Crippen molar-refractivity contribution < 1.29 is 0 Å². The molecule has 0 radical (unpaired) electrons. The highest BCUT2D eigenvalue weighted by Crippen LogP contribution is 2.28. The molecule has 0 amide bonds. The molecule has 4 aromatic carbocycles. The van der Waals surface area contributed by atoms with Crippen molar-refractivity contribution in [2.45, 2.75) is 0 Å². The molecule has 0 heteroatoms. The van der Waals surface area contributed by atoms with Gasteiger partial charge in [0.15, 0.2) is 0 Å². The van der Waals surface area contributed by atoms with Gasteiger partial charge in [0.1, 0.15) is 0 Å². The Hall–Kier alpha value is -3.12. The van der Waals surface area contributed by atoms with Gasteiger partial charge in [0, 0.05) is 0 Å². The number of hydrogen-bond donors (Lipinski definition) is 0. The quantitative estimate of drug-likeness (QED) is 0.392.